The van der Waals surface area contributed by atoms with Crippen molar-refractivity contribution in [2.75, 3.05) is 13.7 Å². The van der Waals surface area contributed by atoms with E-state index in [0.717, 1.165) is 12.0 Å². The molecule has 24 heavy (non-hydrogen) atoms. The molecule has 0 atom stereocenters. The molecule has 0 bridgehead atoms. The van der Waals surface area contributed by atoms with Crippen molar-refractivity contribution in [1.29, 1.82) is 5.26 Å². The Labute approximate surface area is 141 Å². The second kappa shape index (κ2) is 7.69. The molecule has 0 saturated carbocycles. The third-order valence-electron chi connectivity index (χ3n) is 3.71. The fraction of sp³-hybridized carbons (Fsp3) is 0.368. The number of nitrogens with zero attached hydrogens (tertiary/aromatic N) is 1. The lowest BCUT2D eigenvalue weighted by molar-refractivity contribution is 0.273. The van der Waals surface area contributed by atoms with Crippen LogP contribution in [0.4, 0.5) is 0 Å². The number of aromatic amines is 1. The maximum atomic E-state index is 12.0. The number of hydrogen-bond donors (Lipinski definition) is 1. The fourth-order valence-corrected chi connectivity index (χ4v) is 2.39. The van der Waals surface area contributed by atoms with Crippen molar-refractivity contribution >= 4 is 0 Å². The Bertz CT molecular complexity index is 816. The Morgan fingerprint density at radius 3 is 2.62 bits per heavy atom. The van der Waals surface area contributed by atoms with Crippen LogP contribution in [0.2, 0.25) is 0 Å². The van der Waals surface area contributed by atoms with Gasteiger partial charge in [-0.15, -0.1) is 0 Å². The molecule has 2 rings (SSSR count). The average molecular weight is 326 g/mol. The van der Waals surface area contributed by atoms with E-state index in [1.165, 1.54) is 0 Å². The highest BCUT2D eigenvalue weighted by molar-refractivity contribution is 5.72. The van der Waals surface area contributed by atoms with Crippen LogP contribution in [0.1, 0.15) is 31.5 Å². The molecule has 0 aliphatic heterocycles. The summed E-state index contributed by atoms with van der Waals surface area (Å²) in [6.45, 7) is 6.64. The minimum atomic E-state index is -0.384. The summed E-state index contributed by atoms with van der Waals surface area (Å²) < 4.78 is 11.2. The number of aryl methyl sites for hydroxylation is 1. The van der Waals surface area contributed by atoms with E-state index in [1.54, 1.807) is 26.2 Å². The summed E-state index contributed by atoms with van der Waals surface area (Å²) in [6.07, 6.45) is 0.931. The normalized spacial score (nSPS) is 10.5. The van der Waals surface area contributed by atoms with Crippen LogP contribution in [0.3, 0.4) is 0 Å². The molecule has 1 heterocycles. The molecule has 0 unspecified atom stereocenters. The molecule has 0 aliphatic carbocycles. The van der Waals surface area contributed by atoms with E-state index in [-0.39, 0.29) is 11.1 Å². The smallest absolute Gasteiger partial charge is 0.266 e. The highest BCUT2D eigenvalue weighted by Crippen LogP contribution is 2.33. The zero-order chi connectivity index (χ0) is 17.7. The Hall–Kier alpha value is -2.74. The zero-order valence-corrected chi connectivity index (χ0v) is 14.5. The van der Waals surface area contributed by atoms with Crippen molar-refractivity contribution in [3.8, 4) is 28.7 Å². The standard InChI is InChI=1S/C19H22N2O3/c1-12(2)7-8-24-18-10-14(5-6-17(18)23-4)15-9-13(3)21-19(22)16(15)11-20/h5-6,9-10,12H,7-8H2,1-4H3,(H,21,22). The summed E-state index contributed by atoms with van der Waals surface area (Å²) in [5, 5.41) is 9.30. The molecule has 0 saturated heterocycles. The molecule has 0 aliphatic rings. The van der Waals surface area contributed by atoms with Crippen LogP contribution in [0, 0.1) is 24.2 Å². The summed E-state index contributed by atoms with van der Waals surface area (Å²) in [5.74, 6) is 1.78. The first-order chi connectivity index (χ1) is 11.5. The lowest BCUT2D eigenvalue weighted by Crippen LogP contribution is -2.12. The lowest BCUT2D eigenvalue weighted by atomic mass is 10.0. The largest absolute Gasteiger partial charge is 0.493 e. The number of benzene rings is 1. The molecule has 0 amide bonds. The topological polar surface area (TPSA) is 75.1 Å². The highest BCUT2D eigenvalue weighted by atomic mass is 16.5. The first kappa shape index (κ1) is 17.6. The molecule has 1 aromatic heterocycles. The highest BCUT2D eigenvalue weighted by Gasteiger charge is 2.13. The number of hydrogen-bond acceptors (Lipinski definition) is 4. The van der Waals surface area contributed by atoms with Crippen LogP contribution in [0.5, 0.6) is 11.5 Å². The third kappa shape index (κ3) is 3.96. The number of pyridine rings is 1. The first-order valence-electron chi connectivity index (χ1n) is 7.91. The summed E-state index contributed by atoms with van der Waals surface area (Å²) in [5.41, 5.74) is 1.76. The molecule has 126 valence electrons. The van der Waals surface area contributed by atoms with Gasteiger partial charge in [0, 0.05) is 11.3 Å². The monoisotopic (exact) mass is 326 g/mol. The number of nitrogens with one attached hydrogen (secondary N) is 1. The van der Waals surface area contributed by atoms with E-state index in [9.17, 15) is 10.1 Å². The second-order valence-electron chi connectivity index (χ2n) is 6.08. The van der Waals surface area contributed by atoms with Crippen molar-refractivity contribution in [1.82, 2.24) is 4.98 Å². The SMILES string of the molecule is COc1ccc(-c2cc(C)[nH]c(=O)c2C#N)cc1OCCC(C)C. The van der Waals surface area contributed by atoms with Crippen LogP contribution >= 0.6 is 0 Å². The number of ether oxygens (including phenoxy) is 2. The number of rotatable bonds is 6. The molecule has 0 radical (unpaired) electrons. The molecule has 0 spiro atoms. The van der Waals surface area contributed by atoms with Crippen molar-refractivity contribution in [2.24, 2.45) is 5.92 Å². The minimum Gasteiger partial charge on any atom is -0.493 e. The van der Waals surface area contributed by atoms with E-state index in [2.05, 4.69) is 18.8 Å². The Kier molecular flexibility index (Phi) is 5.64. The van der Waals surface area contributed by atoms with Crippen LogP contribution in [0.15, 0.2) is 29.1 Å². The molecular formula is C19H22N2O3. The Morgan fingerprint density at radius 2 is 2.00 bits per heavy atom. The Balaban J connectivity index is 2.46. The third-order valence-corrected chi connectivity index (χ3v) is 3.71. The number of nitriles is 1. The van der Waals surface area contributed by atoms with Crippen molar-refractivity contribution < 1.29 is 9.47 Å². The first-order valence-corrected chi connectivity index (χ1v) is 7.91. The van der Waals surface area contributed by atoms with E-state index < -0.39 is 0 Å². The number of aromatic nitrogens is 1. The lowest BCUT2D eigenvalue weighted by Gasteiger charge is -2.14. The van der Waals surface area contributed by atoms with Gasteiger partial charge in [-0.3, -0.25) is 4.79 Å². The van der Waals surface area contributed by atoms with Gasteiger partial charge in [-0.1, -0.05) is 19.9 Å². The van der Waals surface area contributed by atoms with Crippen molar-refractivity contribution in [3.63, 3.8) is 0 Å². The molecule has 1 aromatic carbocycles. The van der Waals surface area contributed by atoms with Crippen LogP contribution in [-0.4, -0.2) is 18.7 Å². The van der Waals surface area contributed by atoms with Crippen LogP contribution in [-0.2, 0) is 0 Å². The molecular weight excluding hydrogens is 304 g/mol. The summed E-state index contributed by atoms with van der Waals surface area (Å²) >= 11 is 0. The average Bonchev–Trinajstić information content (AvgIpc) is 2.53. The van der Waals surface area contributed by atoms with Crippen molar-refractivity contribution in [3.05, 3.63) is 45.9 Å². The maximum Gasteiger partial charge on any atom is 0.266 e. The predicted molar refractivity (Wildman–Crippen MR) is 93.5 cm³/mol. The van der Waals surface area contributed by atoms with Gasteiger partial charge in [0.15, 0.2) is 11.5 Å². The van der Waals surface area contributed by atoms with E-state index in [0.29, 0.717) is 35.3 Å². The molecule has 1 N–H and O–H groups in total. The van der Waals surface area contributed by atoms with Gasteiger partial charge in [0.05, 0.1) is 13.7 Å². The van der Waals surface area contributed by atoms with Gasteiger partial charge >= 0.3 is 0 Å². The van der Waals surface area contributed by atoms with E-state index in [1.807, 2.05) is 18.2 Å². The van der Waals surface area contributed by atoms with Gasteiger partial charge in [0.25, 0.3) is 5.56 Å². The summed E-state index contributed by atoms with van der Waals surface area (Å²) in [7, 11) is 1.59. The van der Waals surface area contributed by atoms with Gasteiger partial charge in [-0.2, -0.15) is 5.26 Å². The van der Waals surface area contributed by atoms with E-state index in [4.69, 9.17) is 9.47 Å². The van der Waals surface area contributed by atoms with Crippen LogP contribution in [0.25, 0.3) is 11.1 Å². The molecule has 5 heteroatoms. The van der Waals surface area contributed by atoms with Gasteiger partial charge in [0.1, 0.15) is 11.6 Å². The van der Waals surface area contributed by atoms with Gasteiger partial charge in [0.2, 0.25) is 0 Å². The maximum absolute atomic E-state index is 12.0. The second-order valence-corrected chi connectivity index (χ2v) is 6.08. The quantitative estimate of drug-likeness (QED) is 0.879. The zero-order valence-electron chi connectivity index (χ0n) is 14.5. The fourth-order valence-electron chi connectivity index (χ4n) is 2.39. The van der Waals surface area contributed by atoms with Crippen molar-refractivity contribution in [2.45, 2.75) is 27.2 Å². The Morgan fingerprint density at radius 1 is 1.25 bits per heavy atom. The minimum absolute atomic E-state index is 0.0962. The van der Waals surface area contributed by atoms with Gasteiger partial charge < -0.3 is 14.5 Å². The molecule has 5 nitrogen and oxygen atoms in total. The van der Waals surface area contributed by atoms with Gasteiger partial charge in [-0.05, 0) is 43.0 Å². The molecule has 0 fully saturated rings. The van der Waals surface area contributed by atoms with E-state index >= 15 is 0 Å². The number of methoxy groups -OCH3 is 1. The molecule has 2 aromatic rings. The van der Waals surface area contributed by atoms with Gasteiger partial charge in [-0.25, -0.2) is 0 Å². The summed E-state index contributed by atoms with van der Waals surface area (Å²) in [4.78, 5) is 14.6. The predicted octanol–water partition coefficient (Wildman–Crippen LogP) is 3.66. The summed E-state index contributed by atoms with van der Waals surface area (Å²) in [6, 6.07) is 9.20. The number of H-pyrrole nitrogens is 1. The van der Waals surface area contributed by atoms with Crippen LogP contribution < -0.4 is 15.0 Å².